The molecular formula is C13H22N2O2. The van der Waals surface area contributed by atoms with Gasteiger partial charge in [-0.1, -0.05) is 12.1 Å². The van der Waals surface area contributed by atoms with Crippen LogP contribution in [-0.4, -0.2) is 38.0 Å². The molecule has 1 aromatic rings. The molecule has 1 rings (SSSR count). The van der Waals surface area contributed by atoms with Gasteiger partial charge in [-0.25, -0.2) is 0 Å². The van der Waals surface area contributed by atoms with Crippen LogP contribution in [0.3, 0.4) is 0 Å². The minimum atomic E-state index is -0.281. The Labute approximate surface area is 103 Å². The highest BCUT2D eigenvalue weighted by atomic mass is 16.5. The van der Waals surface area contributed by atoms with Crippen molar-refractivity contribution in [3.05, 3.63) is 29.8 Å². The Bertz CT molecular complexity index is 299. The molecule has 1 aromatic carbocycles. The second kappa shape index (κ2) is 8.06. The summed E-state index contributed by atoms with van der Waals surface area (Å²) in [5.41, 5.74) is 1.24. The molecule has 1 atom stereocenters. The third kappa shape index (κ3) is 6.26. The average Bonchev–Trinajstić information content (AvgIpc) is 2.34. The Hall–Kier alpha value is -1.10. The Kier molecular flexibility index (Phi) is 6.62. The lowest BCUT2D eigenvalue weighted by Crippen LogP contribution is -2.31. The van der Waals surface area contributed by atoms with E-state index in [1.165, 1.54) is 5.56 Å². The molecule has 0 fully saturated rings. The van der Waals surface area contributed by atoms with Gasteiger partial charge in [-0.2, -0.15) is 0 Å². The molecule has 0 radical (unpaired) electrons. The summed E-state index contributed by atoms with van der Waals surface area (Å²) in [6.07, 6.45) is -0.281. The Morgan fingerprint density at radius 2 is 1.82 bits per heavy atom. The topological polar surface area (TPSA) is 53.5 Å². The van der Waals surface area contributed by atoms with E-state index in [0.717, 1.165) is 25.4 Å². The number of benzene rings is 1. The largest absolute Gasteiger partial charge is 0.497 e. The van der Waals surface area contributed by atoms with Crippen molar-refractivity contribution in [1.29, 1.82) is 0 Å². The van der Waals surface area contributed by atoms with E-state index >= 15 is 0 Å². The van der Waals surface area contributed by atoms with Gasteiger partial charge in [-0.05, 0) is 24.6 Å². The van der Waals surface area contributed by atoms with Gasteiger partial charge in [0.05, 0.1) is 13.2 Å². The molecule has 0 unspecified atom stereocenters. The average molecular weight is 238 g/mol. The normalized spacial score (nSPS) is 12.4. The van der Waals surface area contributed by atoms with Gasteiger partial charge < -0.3 is 20.5 Å². The summed E-state index contributed by atoms with van der Waals surface area (Å²) >= 11 is 0. The first-order chi connectivity index (χ1) is 8.22. The SMILES string of the molecule is COc1ccc(CNCCNC[C@@H](C)O)cc1. The highest BCUT2D eigenvalue weighted by Gasteiger charge is 1.95. The third-order valence-corrected chi connectivity index (χ3v) is 2.41. The fourth-order valence-corrected chi connectivity index (χ4v) is 1.46. The number of aliphatic hydroxyl groups is 1. The summed E-state index contributed by atoms with van der Waals surface area (Å²) in [6, 6.07) is 8.02. The first-order valence-electron chi connectivity index (χ1n) is 5.95. The van der Waals surface area contributed by atoms with Crippen molar-refractivity contribution in [2.75, 3.05) is 26.7 Å². The zero-order valence-corrected chi connectivity index (χ0v) is 10.6. The molecule has 0 aliphatic carbocycles. The van der Waals surface area contributed by atoms with Crippen molar-refractivity contribution in [3.63, 3.8) is 0 Å². The fourth-order valence-electron chi connectivity index (χ4n) is 1.46. The van der Waals surface area contributed by atoms with Crippen LogP contribution >= 0.6 is 0 Å². The lowest BCUT2D eigenvalue weighted by Gasteiger charge is -2.08. The van der Waals surface area contributed by atoms with E-state index in [0.29, 0.717) is 6.54 Å². The molecule has 0 aliphatic heterocycles. The molecule has 4 nitrogen and oxygen atoms in total. The number of aliphatic hydroxyl groups excluding tert-OH is 1. The molecule has 3 N–H and O–H groups in total. The van der Waals surface area contributed by atoms with Crippen LogP contribution < -0.4 is 15.4 Å². The van der Waals surface area contributed by atoms with Crippen LogP contribution in [0.1, 0.15) is 12.5 Å². The first kappa shape index (κ1) is 14.0. The quantitative estimate of drug-likeness (QED) is 0.585. The van der Waals surface area contributed by atoms with Crippen LogP contribution in [0.2, 0.25) is 0 Å². The number of methoxy groups -OCH3 is 1. The molecule has 0 saturated carbocycles. The van der Waals surface area contributed by atoms with Gasteiger partial charge in [0.15, 0.2) is 0 Å². The Balaban J connectivity index is 2.09. The second-order valence-corrected chi connectivity index (χ2v) is 4.08. The lowest BCUT2D eigenvalue weighted by molar-refractivity contribution is 0.191. The highest BCUT2D eigenvalue weighted by molar-refractivity contribution is 5.26. The summed E-state index contributed by atoms with van der Waals surface area (Å²) in [4.78, 5) is 0. The summed E-state index contributed by atoms with van der Waals surface area (Å²) in [7, 11) is 1.67. The van der Waals surface area contributed by atoms with Gasteiger partial charge in [0.1, 0.15) is 5.75 Å². The third-order valence-electron chi connectivity index (χ3n) is 2.41. The minimum absolute atomic E-state index is 0.281. The molecule has 0 spiro atoms. The lowest BCUT2D eigenvalue weighted by atomic mass is 10.2. The monoisotopic (exact) mass is 238 g/mol. The van der Waals surface area contributed by atoms with Crippen molar-refractivity contribution in [3.8, 4) is 5.75 Å². The zero-order valence-electron chi connectivity index (χ0n) is 10.6. The summed E-state index contributed by atoms with van der Waals surface area (Å²) in [5, 5.41) is 15.5. The van der Waals surface area contributed by atoms with Gasteiger partial charge in [0.25, 0.3) is 0 Å². The van der Waals surface area contributed by atoms with Crippen molar-refractivity contribution >= 4 is 0 Å². The van der Waals surface area contributed by atoms with Crippen LogP contribution in [0.25, 0.3) is 0 Å². The van der Waals surface area contributed by atoms with E-state index < -0.39 is 0 Å². The predicted octanol–water partition coefficient (Wildman–Crippen LogP) is 0.755. The van der Waals surface area contributed by atoms with Crippen molar-refractivity contribution in [2.24, 2.45) is 0 Å². The molecule has 0 aromatic heterocycles. The molecule has 0 heterocycles. The summed E-state index contributed by atoms with van der Waals surface area (Å²) < 4.78 is 5.10. The van der Waals surface area contributed by atoms with Crippen molar-refractivity contribution in [1.82, 2.24) is 10.6 Å². The van der Waals surface area contributed by atoms with Gasteiger partial charge in [0.2, 0.25) is 0 Å². The molecule has 0 amide bonds. The van der Waals surface area contributed by atoms with E-state index in [1.807, 2.05) is 12.1 Å². The standard InChI is InChI=1S/C13H22N2O2/c1-11(16)9-14-7-8-15-10-12-3-5-13(17-2)6-4-12/h3-6,11,14-16H,7-10H2,1-2H3/t11-/m1/s1. The summed E-state index contributed by atoms with van der Waals surface area (Å²) in [6.45, 7) is 5.02. The van der Waals surface area contributed by atoms with Gasteiger partial charge in [-0.3, -0.25) is 0 Å². The Morgan fingerprint density at radius 3 is 2.41 bits per heavy atom. The maximum Gasteiger partial charge on any atom is 0.118 e. The smallest absolute Gasteiger partial charge is 0.118 e. The number of ether oxygens (including phenoxy) is 1. The van der Waals surface area contributed by atoms with Crippen LogP contribution in [0.4, 0.5) is 0 Å². The molecule has 0 bridgehead atoms. The molecule has 4 heteroatoms. The minimum Gasteiger partial charge on any atom is -0.497 e. The molecule has 96 valence electrons. The van der Waals surface area contributed by atoms with Crippen LogP contribution in [-0.2, 0) is 6.54 Å². The Morgan fingerprint density at radius 1 is 1.18 bits per heavy atom. The number of rotatable bonds is 8. The maximum atomic E-state index is 9.04. The fraction of sp³-hybridized carbons (Fsp3) is 0.538. The zero-order chi connectivity index (χ0) is 12.5. The predicted molar refractivity (Wildman–Crippen MR) is 69.3 cm³/mol. The molecule has 0 aliphatic rings. The molecule has 0 saturated heterocycles. The van der Waals surface area contributed by atoms with Crippen LogP contribution in [0, 0.1) is 0 Å². The van der Waals surface area contributed by atoms with Gasteiger partial charge in [0, 0.05) is 26.2 Å². The summed E-state index contributed by atoms with van der Waals surface area (Å²) in [5.74, 6) is 0.882. The second-order valence-electron chi connectivity index (χ2n) is 4.08. The first-order valence-corrected chi connectivity index (χ1v) is 5.95. The van der Waals surface area contributed by atoms with E-state index in [-0.39, 0.29) is 6.10 Å². The van der Waals surface area contributed by atoms with E-state index in [1.54, 1.807) is 14.0 Å². The molecular weight excluding hydrogens is 216 g/mol. The molecule has 17 heavy (non-hydrogen) atoms. The van der Waals surface area contributed by atoms with E-state index in [4.69, 9.17) is 9.84 Å². The van der Waals surface area contributed by atoms with Crippen LogP contribution in [0.15, 0.2) is 24.3 Å². The number of hydrogen-bond donors (Lipinski definition) is 3. The highest BCUT2D eigenvalue weighted by Crippen LogP contribution is 2.10. The number of nitrogens with one attached hydrogen (secondary N) is 2. The van der Waals surface area contributed by atoms with Crippen LogP contribution in [0.5, 0.6) is 5.75 Å². The van der Waals surface area contributed by atoms with E-state index in [9.17, 15) is 0 Å². The number of hydrogen-bond acceptors (Lipinski definition) is 4. The van der Waals surface area contributed by atoms with E-state index in [2.05, 4.69) is 22.8 Å². The maximum absolute atomic E-state index is 9.04. The van der Waals surface area contributed by atoms with Crippen molar-refractivity contribution < 1.29 is 9.84 Å². The van der Waals surface area contributed by atoms with Gasteiger partial charge in [-0.15, -0.1) is 0 Å². The van der Waals surface area contributed by atoms with Gasteiger partial charge >= 0.3 is 0 Å². The van der Waals surface area contributed by atoms with Crippen molar-refractivity contribution in [2.45, 2.75) is 19.6 Å².